The molecule has 1 heterocycles. The fourth-order valence-corrected chi connectivity index (χ4v) is 3.24. The van der Waals surface area contributed by atoms with Gasteiger partial charge >= 0.3 is 12.1 Å². The molecule has 2 unspecified atom stereocenters. The number of anilines is 1. The van der Waals surface area contributed by atoms with E-state index in [-0.39, 0.29) is 48.8 Å². The number of fused-ring (bicyclic) bond motifs is 5. The van der Waals surface area contributed by atoms with Gasteiger partial charge in [0.05, 0.1) is 5.69 Å². The van der Waals surface area contributed by atoms with Crippen molar-refractivity contribution in [3.8, 4) is 5.75 Å². The molecular formula is C13H14ClF3N2O2. The quantitative estimate of drug-likeness (QED) is 0.569. The molecule has 116 valence electrons. The van der Waals surface area contributed by atoms with Gasteiger partial charge in [0.25, 0.3) is 0 Å². The van der Waals surface area contributed by atoms with E-state index in [1.54, 1.807) is 6.07 Å². The van der Waals surface area contributed by atoms with Crippen molar-refractivity contribution < 1.29 is 23.1 Å². The summed E-state index contributed by atoms with van der Waals surface area (Å²) in [6.07, 6.45) is -4.15. The van der Waals surface area contributed by atoms with Crippen LogP contribution in [0.25, 0.3) is 0 Å². The van der Waals surface area contributed by atoms with E-state index in [1.807, 2.05) is 0 Å². The zero-order chi connectivity index (χ0) is 14.7. The van der Waals surface area contributed by atoms with Crippen molar-refractivity contribution in [2.75, 3.05) is 18.8 Å². The van der Waals surface area contributed by atoms with E-state index in [0.717, 1.165) is 16.0 Å². The van der Waals surface area contributed by atoms with E-state index in [0.29, 0.717) is 6.42 Å². The third-order valence-electron chi connectivity index (χ3n) is 4.09. The van der Waals surface area contributed by atoms with E-state index in [4.69, 9.17) is 5.73 Å². The molecule has 21 heavy (non-hydrogen) atoms. The van der Waals surface area contributed by atoms with E-state index >= 15 is 0 Å². The second kappa shape index (κ2) is 4.98. The summed E-state index contributed by atoms with van der Waals surface area (Å²) in [5.74, 6) is -2.17. The number of aromatic hydroxyl groups is 1. The van der Waals surface area contributed by atoms with Gasteiger partial charge in [-0.15, -0.1) is 12.4 Å². The predicted molar refractivity (Wildman–Crippen MR) is 72.5 cm³/mol. The summed E-state index contributed by atoms with van der Waals surface area (Å²) < 4.78 is 37.5. The number of carbonyl (C=O) groups excluding carboxylic acids is 1. The van der Waals surface area contributed by atoms with Gasteiger partial charge in [-0.2, -0.15) is 13.2 Å². The molecule has 1 fully saturated rings. The number of hydrogen-bond donors (Lipinski definition) is 2. The van der Waals surface area contributed by atoms with Gasteiger partial charge in [-0.25, -0.2) is 0 Å². The summed E-state index contributed by atoms with van der Waals surface area (Å²) in [4.78, 5) is 12.2. The zero-order valence-corrected chi connectivity index (χ0v) is 11.7. The standard InChI is InChI=1S/C13H13F3N2O2.ClH/c14-13(15,16)12(20)18-4-6-1-7(5-18)9-3-11(19)10(17)2-8(6)9;/h2-3,6-7,19H,1,4-5,17H2;1H. The summed E-state index contributed by atoms with van der Waals surface area (Å²) in [6.45, 7) is 0.0806. The van der Waals surface area contributed by atoms with Crippen molar-refractivity contribution in [1.29, 1.82) is 0 Å². The lowest BCUT2D eigenvalue weighted by atomic mass is 9.95. The van der Waals surface area contributed by atoms with Crippen LogP contribution in [0.4, 0.5) is 18.9 Å². The van der Waals surface area contributed by atoms with Crippen LogP contribution in [-0.2, 0) is 4.79 Å². The molecule has 2 aliphatic rings. The van der Waals surface area contributed by atoms with Crippen LogP contribution < -0.4 is 5.73 Å². The molecule has 0 aromatic heterocycles. The molecule has 1 saturated heterocycles. The average Bonchev–Trinajstić information content (AvgIpc) is 2.60. The number of hydrogen-bond acceptors (Lipinski definition) is 3. The van der Waals surface area contributed by atoms with Crippen LogP contribution in [0.5, 0.6) is 5.75 Å². The predicted octanol–water partition coefficient (Wildman–Crippen LogP) is 2.37. The minimum Gasteiger partial charge on any atom is -0.506 e. The van der Waals surface area contributed by atoms with Gasteiger partial charge in [0.2, 0.25) is 0 Å². The molecule has 1 aliphatic carbocycles. The fraction of sp³-hybridized carbons (Fsp3) is 0.462. The van der Waals surface area contributed by atoms with E-state index < -0.39 is 12.1 Å². The van der Waals surface area contributed by atoms with Gasteiger partial charge in [-0.3, -0.25) is 4.79 Å². The van der Waals surface area contributed by atoms with Crippen molar-refractivity contribution in [2.45, 2.75) is 24.4 Å². The number of phenols is 1. The lowest BCUT2D eigenvalue weighted by molar-refractivity contribution is -0.186. The van der Waals surface area contributed by atoms with Crippen molar-refractivity contribution in [3.63, 3.8) is 0 Å². The van der Waals surface area contributed by atoms with Gasteiger partial charge in [-0.05, 0) is 29.7 Å². The highest BCUT2D eigenvalue weighted by molar-refractivity contribution is 5.85. The number of benzene rings is 1. The van der Waals surface area contributed by atoms with Crippen molar-refractivity contribution in [3.05, 3.63) is 23.3 Å². The molecule has 0 saturated carbocycles. The lowest BCUT2D eigenvalue weighted by Crippen LogP contribution is -2.46. The molecule has 0 radical (unpaired) electrons. The van der Waals surface area contributed by atoms with Crippen LogP contribution in [0.1, 0.15) is 29.4 Å². The first-order chi connectivity index (χ1) is 9.27. The lowest BCUT2D eigenvalue weighted by Gasteiger charge is -2.32. The first-order valence-corrected chi connectivity index (χ1v) is 6.25. The number of amides is 1. The molecule has 4 nitrogen and oxygen atoms in total. The Kier molecular flexibility index (Phi) is 3.73. The Morgan fingerprint density at radius 3 is 2.29 bits per heavy atom. The van der Waals surface area contributed by atoms with Gasteiger partial charge in [0.15, 0.2) is 0 Å². The smallest absolute Gasteiger partial charge is 0.471 e. The summed E-state index contributed by atoms with van der Waals surface area (Å²) >= 11 is 0. The zero-order valence-electron chi connectivity index (χ0n) is 10.9. The Morgan fingerprint density at radius 1 is 1.24 bits per heavy atom. The molecular weight excluding hydrogens is 309 g/mol. The molecule has 1 aliphatic heterocycles. The second-order valence-corrected chi connectivity index (χ2v) is 5.38. The summed E-state index contributed by atoms with van der Waals surface area (Å²) in [5, 5.41) is 9.62. The third-order valence-corrected chi connectivity index (χ3v) is 4.09. The van der Waals surface area contributed by atoms with Gasteiger partial charge in [0, 0.05) is 24.9 Å². The molecule has 1 amide bonds. The van der Waals surface area contributed by atoms with Crippen LogP contribution in [0.3, 0.4) is 0 Å². The molecule has 8 heteroatoms. The number of alkyl halides is 3. The molecule has 3 rings (SSSR count). The fourth-order valence-electron chi connectivity index (χ4n) is 3.24. The Morgan fingerprint density at radius 2 is 1.76 bits per heavy atom. The van der Waals surface area contributed by atoms with Crippen LogP contribution in [0, 0.1) is 0 Å². The SMILES string of the molecule is Cl.Nc1cc2c(cc1O)C1CC2CN(C(=O)C(F)(F)F)C1. The molecule has 1 aromatic rings. The number of nitrogen functional groups attached to an aromatic ring is 1. The molecule has 3 N–H and O–H groups in total. The number of phenolic OH excluding ortho intramolecular Hbond substituents is 1. The molecule has 2 atom stereocenters. The first-order valence-electron chi connectivity index (χ1n) is 6.25. The Labute approximate surface area is 125 Å². The molecule has 0 spiro atoms. The second-order valence-electron chi connectivity index (χ2n) is 5.38. The number of likely N-dealkylation sites (tertiary alicyclic amines) is 1. The van der Waals surface area contributed by atoms with Gasteiger partial charge in [-0.1, -0.05) is 0 Å². The van der Waals surface area contributed by atoms with E-state index in [2.05, 4.69) is 0 Å². The Hall–Kier alpha value is -1.63. The summed E-state index contributed by atoms with van der Waals surface area (Å²) in [5.41, 5.74) is 7.50. The van der Waals surface area contributed by atoms with Crippen molar-refractivity contribution in [2.24, 2.45) is 0 Å². The van der Waals surface area contributed by atoms with Crippen LogP contribution in [-0.4, -0.2) is 35.2 Å². The highest BCUT2D eigenvalue weighted by Crippen LogP contribution is 2.48. The average molecular weight is 323 g/mol. The van der Waals surface area contributed by atoms with Crippen molar-refractivity contribution in [1.82, 2.24) is 4.90 Å². The maximum atomic E-state index is 12.5. The third kappa shape index (κ3) is 2.50. The van der Waals surface area contributed by atoms with Crippen LogP contribution >= 0.6 is 12.4 Å². The van der Waals surface area contributed by atoms with Crippen LogP contribution in [0.2, 0.25) is 0 Å². The molecule has 2 bridgehead atoms. The molecule has 1 aromatic carbocycles. The van der Waals surface area contributed by atoms with Crippen LogP contribution in [0.15, 0.2) is 12.1 Å². The monoisotopic (exact) mass is 322 g/mol. The maximum absolute atomic E-state index is 12.5. The largest absolute Gasteiger partial charge is 0.506 e. The summed E-state index contributed by atoms with van der Waals surface area (Å²) in [6, 6.07) is 3.12. The van der Waals surface area contributed by atoms with Crippen molar-refractivity contribution >= 4 is 24.0 Å². The minimum absolute atomic E-state index is 0. The van der Waals surface area contributed by atoms with Gasteiger partial charge < -0.3 is 15.7 Å². The van der Waals surface area contributed by atoms with E-state index in [9.17, 15) is 23.1 Å². The highest BCUT2D eigenvalue weighted by Gasteiger charge is 2.47. The van der Waals surface area contributed by atoms with E-state index in [1.165, 1.54) is 6.07 Å². The number of carbonyl (C=O) groups is 1. The first kappa shape index (κ1) is 15.8. The topological polar surface area (TPSA) is 66.6 Å². The summed E-state index contributed by atoms with van der Waals surface area (Å²) in [7, 11) is 0. The Balaban J connectivity index is 0.00000161. The number of nitrogens with zero attached hydrogens (tertiary/aromatic N) is 1. The minimum atomic E-state index is -4.84. The number of piperidine rings is 1. The maximum Gasteiger partial charge on any atom is 0.471 e. The Bertz CT molecular complexity index is 555. The number of halogens is 4. The number of rotatable bonds is 0. The van der Waals surface area contributed by atoms with Gasteiger partial charge in [0.1, 0.15) is 5.75 Å². The highest BCUT2D eigenvalue weighted by atomic mass is 35.5. The normalized spacial score (nSPS) is 23.5. The number of nitrogens with two attached hydrogens (primary N) is 1.